The number of hydrogen-bond donors (Lipinski definition) is 2. The zero-order chi connectivity index (χ0) is 19.0. The van der Waals surface area contributed by atoms with Gasteiger partial charge in [-0.05, 0) is 29.2 Å². The van der Waals surface area contributed by atoms with Crippen LogP contribution in [-0.2, 0) is 15.4 Å². The maximum Gasteiger partial charge on any atom is 0.337 e. The summed E-state index contributed by atoms with van der Waals surface area (Å²) in [6.45, 7) is 5.90. The molecule has 2 aromatic carbocycles. The molecule has 0 aliphatic rings. The third-order valence-corrected chi connectivity index (χ3v) is 4.95. The van der Waals surface area contributed by atoms with E-state index in [9.17, 15) is 22.0 Å². The zero-order valence-corrected chi connectivity index (χ0v) is 14.6. The van der Waals surface area contributed by atoms with E-state index < -0.39 is 38.9 Å². The van der Waals surface area contributed by atoms with E-state index in [2.05, 4.69) is 0 Å². The Kier molecular flexibility index (Phi) is 4.85. The van der Waals surface area contributed by atoms with Crippen molar-refractivity contribution in [2.24, 2.45) is 0 Å². The summed E-state index contributed by atoms with van der Waals surface area (Å²) >= 11 is 0. The van der Waals surface area contributed by atoms with Crippen molar-refractivity contribution in [2.75, 3.05) is 4.72 Å². The summed E-state index contributed by atoms with van der Waals surface area (Å²) in [7, 11) is -4.16. The van der Waals surface area contributed by atoms with Crippen LogP contribution in [0.3, 0.4) is 0 Å². The molecule has 0 unspecified atom stereocenters. The summed E-state index contributed by atoms with van der Waals surface area (Å²) in [5, 5.41) is 9.05. The van der Waals surface area contributed by atoms with Crippen molar-refractivity contribution in [2.45, 2.75) is 31.1 Å². The largest absolute Gasteiger partial charge is 0.478 e. The quantitative estimate of drug-likeness (QED) is 0.859. The molecule has 0 bridgehead atoms. The molecule has 0 saturated heterocycles. The molecule has 2 N–H and O–H groups in total. The number of nitrogens with one attached hydrogen (secondary N) is 1. The van der Waals surface area contributed by atoms with Gasteiger partial charge in [0.05, 0.1) is 16.1 Å². The minimum atomic E-state index is -4.16. The van der Waals surface area contributed by atoms with E-state index in [1.807, 2.05) is 25.5 Å². The molecule has 0 radical (unpaired) electrons. The molecule has 2 aromatic rings. The van der Waals surface area contributed by atoms with Gasteiger partial charge in [0.15, 0.2) is 11.6 Å². The Morgan fingerprint density at radius 1 is 1.04 bits per heavy atom. The summed E-state index contributed by atoms with van der Waals surface area (Å²) in [6.07, 6.45) is 0. The molecule has 0 aliphatic heterocycles. The Labute approximate surface area is 144 Å². The molecule has 8 heteroatoms. The smallest absolute Gasteiger partial charge is 0.337 e. The molecule has 0 spiro atoms. The molecule has 0 amide bonds. The number of carboxylic acid groups (broad SMARTS) is 1. The Hall–Kier alpha value is -2.48. The fourth-order valence-electron chi connectivity index (χ4n) is 2.15. The van der Waals surface area contributed by atoms with E-state index >= 15 is 0 Å². The van der Waals surface area contributed by atoms with Crippen molar-refractivity contribution in [3.8, 4) is 0 Å². The second kappa shape index (κ2) is 6.44. The van der Waals surface area contributed by atoms with Crippen molar-refractivity contribution in [1.82, 2.24) is 0 Å². The Morgan fingerprint density at radius 2 is 1.56 bits per heavy atom. The molecule has 5 nitrogen and oxygen atoms in total. The van der Waals surface area contributed by atoms with Crippen LogP contribution in [0.5, 0.6) is 0 Å². The lowest BCUT2D eigenvalue weighted by Crippen LogP contribution is -2.17. The van der Waals surface area contributed by atoms with Gasteiger partial charge in [0.1, 0.15) is 0 Å². The lowest BCUT2D eigenvalue weighted by atomic mass is 9.87. The average Bonchev–Trinajstić information content (AvgIpc) is 2.49. The fourth-order valence-corrected chi connectivity index (χ4v) is 3.22. The van der Waals surface area contributed by atoms with Crippen molar-refractivity contribution in [3.05, 3.63) is 59.2 Å². The van der Waals surface area contributed by atoms with Gasteiger partial charge in [-0.1, -0.05) is 32.9 Å². The van der Waals surface area contributed by atoms with Crippen LogP contribution in [0.15, 0.2) is 41.3 Å². The number of carboxylic acids is 1. The number of aromatic carboxylic acids is 1. The molecule has 134 valence electrons. The minimum absolute atomic E-state index is 0.124. The Balaban J connectivity index is 2.43. The monoisotopic (exact) mass is 369 g/mol. The van der Waals surface area contributed by atoms with Gasteiger partial charge >= 0.3 is 5.97 Å². The number of rotatable bonds is 4. The number of hydrogen-bond acceptors (Lipinski definition) is 3. The number of anilines is 1. The first kappa shape index (κ1) is 18.9. The van der Waals surface area contributed by atoms with Crippen molar-refractivity contribution in [3.63, 3.8) is 0 Å². The van der Waals surface area contributed by atoms with Crippen LogP contribution in [0.4, 0.5) is 14.5 Å². The molecule has 0 aromatic heterocycles. The SMILES string of the molecule is CC(C)(C)c1ccc(S(=O)(=O)Nc2cc(F)c(F)cc2C(=O)O)cc1. The van der Waals surface area contributed by atoms with Crippen LogP contribution >= 0.6 is 0 Å². The second-order valence-electron chi connectivity index (χ2n) is 6.50. The van der Waals surface area contributed by atoms with Crippen LogP contribution in [0.1, 0.15) is 36.7 Å². The predicted molar refractivity (Wildman–Crippen MR) is 89.3 cm³/mol. The van der Waals surface area contributed by atoms with E-state index in [1.54, 1.807) is 12.1 Å². The number of carbonyl (C=O) groups is 1. The number of sulfonamides is 1. The van der Waals surface area contributed by atoms with Crippen LogP contribution in [-0.4, -0.2) is 19.5 Å². The predicted octanol–water partition coefficient (Wildman–Crippen LogP) is 3.76. The molecule has 25 heavy (non-hydrogen) atoms. The molecule has 0 heterocycles. The summed E-state index contributed by atoms with van der Waals surface area (Å²) in [6, 6.07) is 6.93. The van der Waals surface area contributed by atoms with E-state index in [1.165, 1.54) is 12.1 Å². The van der Waals surface area contributed by atoms with Crippen LogP contribution in [0.2, 0.25) is 0 Å². The highest BCUT2D eigenvalue weighted by atomic mass is 32.2. The molecular formula is C17H17F2NO4S. The van der Waals surface area contributed by atoms with Crippen molar-refractivity contribution < 1.29 is 27.1 Å². The van der Waals surface area contributed by atoms with Gasteiger partial charge in [0.25, 0.3) is 10.0 Å². The molecule has 0 saturated carbocycles. The Bertz CT molecular complexity index is 917. The third-order valence-electron chi connectivity index (χ3n) is 3.57. The van der Waals surface area contributed by atoms with E-state index in [0.29, 0.717) is 12.1 Å². The van der Waals surface area contributed by atoms with E-state index in [0.717, 1.165) is 5.56 Å². The summed E-state index contributed by atoms with van der Waals surface area (Å²) in [5.74, 6) is -4.32. The van der Waals surface area contributed by atoms with E-state index in [-0.39, 0.29) is 10.3 Å². The molecule has 2 rings (SSSR count). The van der Waals surface area contributed by atoms with Crippen molar-refractivity contribution >= 4 is 21.7 Å². The molecule has 0 atom stereocenters. The van der Waals surface area contributed by atoms with Gasteiger partial charge in [-0.3, -0.25) is 4.72 Å². The zero-order valence-electron chi connectivity index (χ0n) is 13.8. The van der Waals surface area contributed by atoms with Crippen LogP contribution in [0.25, 0.3) is 0 Å². The highest BCUT2D eigenvalue weighted by Crippen LogP contribution is 2.26. The summed E-state index contributed by atoms with van der Waals surface area (Å²) in [5.41, 5.74) is -0.502. The van der Waals surface area contributed by atoms with Gasteiger partial charge in [-0.2, -0.15) is 0 Å². The van der Waals surface area contributed by atoms with Crippen LogP contribution in [0, 0.1) is 11.6 Å². The van der Waals surface area contributed by atoms with E-state index in [4.69, 9.17) is 5.11 Å². The van der Waals surface area contributed by atoms with Gasteiger partial charge in [0.2, 0.25) is 0 Å². The first-order valence-corrected chi connectivity index (χ1v) is 8.76. The fraction of sp³-hybridized carbons (Fsp3) is 0.235. The topological polar surface area (TPSA) is 83.5 Å². The van der Waals surface area contributed by atoms with Crippen LogP contribution < -0.4 is 4.72 Å². The van der Waals surface area contributed by atoms with Crippen molar-refractivity contribution in [1.29, 1.82) is 0 Å². The average molecular weight is 369 g/mol. The highest BCUT2D eigenvalue weighted by molar-refractivity contribution is 7.92. The summed E-state index contributed by atoms with van der Waals surface area (Å²) in [4.78, 5) is 11.0. The standard InChI is InChI=1S/C17H17F2NO4S/c1-17(2,3)10-4-6-11(7-5-10)25(23,24)20-15-9-14(19)13(18)8-12(15)16(21)22/h4-9,20H,1-3H3,(H,21,22). The first-order chi connectivity index (χ1) is 11.4. The maximum atomic E-state index is 13.4. The maximum absolute atomic E-state index is 13.4. The molecule has 0 fully saturated rings. The van der Waals surface area contributed by atoms with Gasteiger partial charge in [-0.25, -0.2) is 22.0 Å². The lowest BCUT2D eigenvalue weighted by Gasteiger charge is -2.19. The van der Waals surface area contributed by atoms with Gasteiger partial charge in [0, 0.05) is 6.07 Å². The first-order valence-electron chi connectivity index (χ1n) is 7.27. The molecule has 0 aliphatic carbocycles. The normalized spacial score (nSPS) is 12.0. The van der Waals surface area contributed by atoms with Gasteiger partial charge < -0.3 is 5.11 Å². The second-order valence-corrected chi connectivity index (χ2v) is 8.18. The molecular weight excluding hydrogens is 352 g/mol. The lowest BCUT2D eigenvalue weighted by molar-refractivity contribution is 0.0697. The summed E-state index contributed by atoms with van der Waals surface area (Å²) < 4.78 is 53.4. The highest BCUT2D eigenvalue weighted by Gasteiger charge is 2.22. The minimum Gasteiger partial charge on any atom is -0.478 e. The Morgan fingerprint density at radius 3 is 2.04 bits per heavy atom. The third kappa shape index (κ3) is 4.14. The van der Waals surface area contributed by atoms with Gasteiger partial charge in [-0.15, -0.1) is 0 Å². The number of halogens is 2. The number of benzene rings is 2.